The number of aromatic nitrogens is 1. The second-order valence-corrected chi connectivity index (χ2v) is 3.94. The molecule has 4 nitrogen and oxygen atoms in total. The summed E-state index contributed by atoms with van der Waals surface area (Å²) < 4.78 is 41.2. The minimum Gasteiger partial charge on any atom is -0.405 e. The Balaban J connectivity index is 2.40. The highest BCUT2D eigenvalue weighted by atomic mass is 19.4. The zero-order valence-electron chi connectivity index (χ0n) is 10.3. The van der Waals surface area contributed by atoms with Crippen LogP contribution >= 0.6 is 0 Å². The number of halogens is 3. The number of para-hydroxylation sites is 1. The monoisotopic (exact) mass is 283 g/mol. The second-order valence-electron chi connectivity index (χ2n) is 3.94. The molecule has 106 valence electrons. The van der Waals surface area contributed by atoms with Gasteiger partial charge in [0.05, 0.1) is 11.7 Å². The molecular weight excluding hydrogens is 271 g/mol. The SMILES string of the molecule is NNC(c1ccccn1)c1ccccc1OC(F)(F)F. The normalized spacial score (nSPS) is 13.0. The molecule has 0 saturated carbocycles. The van der Waals surface area contributed by atoms with Crippen LogP contribution in [0.4, 0.5) is 13.2 Å². The molecule has 0 fully saturated rings. The number of rotatable bonds is 4. The van der Waals surface area contributed by atoms with Gasteiger partial charge in [-0.1, -0.05) is 24.3 Å². The Bertz CT molecular complexity index is 560. The van der Waals surface area contributed by atoms with Gasteiger partial charge in [0, 0.05) is 11.8 Å². The van der Waals surface area contributed by atoms with Gasteiger partial charge in [0.15, 0.2) is 0 Å². The van der Waals surface area contributed by atoms with Gasteiger partial charge in [-0.05, 0) is 18.2 Å². The number of benzene rings is 1. The van der Waals surface area contributed by atoms with Crippen molar-refractivity contribution in [2.45, 2.75) is 12.4 Å². The Morgan fingerprint density at radius 3 is 2.40 bits per heavy atom. The van der Waals surface area contributed by atoms with Gasteiger partial charge in [0.25, 0.3) is 0 Å². The molecular formula is C13H12F3N3O. The van der Waals surface area contributed by atoms with E-state index in [-0.39, 0.29) is 11.3 Å². The van der Waals surface area contributed by atoms with Gasteiger partial charge >= 0.3 is 6.36 Å². The van der Waals surface area contributed by atoms with Gasteiger partial charge in [0.1, 0.15) is 5.75 Å². The number of pyridine rings is 1. The van der Waals surface area contributed by atoms with Crippen LogP contribution in [0.25, 0.3) is 0 Å². The molecule has 1 heterocycles. The van der Waals surface area contributed by atoms with E-state index in [0.717, 1.165) is 0 Å². The third kappa shape index (κ3) is 3.46. The highest BCUT2D eigenvalue weighted by Crippen LogP contribution is 2.32. The lowest BCUT2D eigenvalue weighted by atomic mass is 10.0. The Labute approximate surface area is 113 Å². The minimum absolute atomic E-state index is 0.256. The Morgan fingerprint density at radius 2 is 1.80 bits per heavy atom. The average Bonchev–Trinajstić information content (AvgIpc) is 2.41. The molecule has 3 N–H and O–H groups in total. The number of nitrogens with zero attached hydrogens (tertiary/aromatic N) is 1. The van der Waals surface area contributed by atoms with E-state index in [1.54, 1.807) is 24.3 Å². The molecule has 0 bridgehead atoms. The van der Waals surface area contributed by atoms with Crippen LogP contribution in [0.15, 0.2) is 48.7 Å². The molecule has 1 unspecified atom stereocenters. The summed E-state index contributed by atoms with van der Waals surface area (Å²) in [6.07, 6.45) is -3.23. The van der Waals surface area contributed by atoms with Crippen LogP contribution in [0, 0.1) is 0 Å². The van der Waals surface area contributed by atoms with Gasteiger partial charge in [-0.2, -0.15) is 0 Å². The highest BCUT2D eigenvalue weighted by molar-refractivity contribution is 5.39. The first kappa shape index (κ1) is 14.3. The van der Waals surface area contributed by atoms with Crippen LogP contribution < -0.4 is 16.0 Å². The molecule has 2 aromatic rings. The maximum Gasteiger partial charge on any atom is 0.573 e. The van der Waals surface area contributed by atoms with Crippen molar-refractivity contribution in [3.63, 3.8) is 0 Å². The van der Waals surface area contributed by atoms with E-state index in [2.05, 4.69) is 15.1 Å². The third-order valence-electron chi connectivity index (χ3n) is 2.61. The molecule has 1 atom stereocenters. The molecule has 0 aliphatic rings. The molecule has 0 spiro atoms. The fourth-order valence-electron chi connectivity index (χ4n) is 1.82. The Kier molecular flexibility index (Phi) is 4.21. The standard InChI is InChI=1S/C13H12F3N3O/c14-13(15,16)20-11-7-2-1-5-9(11)12(19-17)10-6-3-4-8-18-10/h1-8,12,19H,17H2. The van der Waals surface area contributed by atoms with Crippen molar-refractivity contribution >= 4 is 0 Å². The summed E-state index contributed by atoms with van der Waals surface area (Å²) in [6, 6.07) is 10.2. The number of alkyl halides is 3. The van der Waals surface area contributed by atoms with Crippen LogP contribution in [0.1, 0.15) is 17.3 Å². The average molecular weight is 283 g/mol. The lowest BCUT2D eigenvalue weighted by molar-refractivity contribution is -0.275. The maximum absolute atomic E-state index is 12.4. The van der Waals surface area contributed by atoms with Crippen molar-refractivity contribution in [1.29, 1.82) is 0 Å². The van der Waals surface area contributed by atoms with E-state index >= 15 is 0 Å². The molecule has 1 aromatic heterocycles. The number of ether oxygens (including phenoxy) is 1. The fraction of sp³-hybridized carbons (Fsp3) is 0.154. The van der Waals surface area contributed by atoms with E-state index in [4.69, 9.17) is 5.84 Å². The lowest BCUT2D eigenvalue weighted by Crippen LogP contribution is -2.30. The first-order chi connectivity index (χ1) is 9.51. The number of hydrazine groups is 1. The first-order valence-corrected chi connectivity index (χ1v) is 5.73. The maximum atomic E-state index is 12.4. The van der Waals surface area contributed by atoms with Crippen molar-refractivity contribution in [2.75, 3.05) is 0 Å². The minimum atomic E-state index is -4.76. The van der Waals surface area contributed by atoms with Crippen LogP contribution in [0.3, 0.4) is 0 Å². The summed E-state index contributed by atoms with van der Waals surface area (Å²) in [5.74, 6) is 5.13. The predicted octanol–water partition coefficient (Wildman–Crippen LogP) is 2.53. The third-order valence-corrected chi connectivity index (χ3v) is 2.61. The van der Waals surface area contributed by atoms with Crippen LogP contribution in [-0.4, -0.2) is 11.3 Å². The number of hydrogen-bond donors (Lipinski definition) is 2. The molecule has 1 aromatic carbocycles. The van der Waals surface area contributed by atoms with E-state index in [0.29, 0.717) is 5.69 Å². The van der Waals surface area contributed by atoms with Gasteiger partial charge in [-0.25, -0.2) is 5.43 Å². The largest absolute Gasteiger partial charge is 0.573 e. The van der Waals surface area contributed by atoms with Crippen molar-refractivity contribution in [2.24, 2.45) is 5.84 Å². The Hall–Kier alpha value is -2.12. The number of nitrogens with one attached hydrogen (secondary N) is 1. The van der Waals surface area contributed by atoms with Crippen molar-refractivity contribution < 1.29 is 17.9 Å². The lowest BCUT2D eigenvalue weighted by Gasteiger charge is -2.20. The van der Waals surface area contributed by atoms with Gasteiger partial charge in [0.2, 0.25) is 0 Å². The topological polar surface area (TPSA) is 60.2 Å². The van der Waals surface area contributed by atoms with Crippen molar-refractivity contribution in [3.05, 3.63) is 59.9 Å². The van der Waals surface area contributed by atoms with Crippen molar-refractivity contribution in [1.82, 2.24) is 10.4 Å². The van der Waals surface area contributed by atoms with Crippen LogP contribution in [0.2, 0.25) is 0 Å². The van der Waals surface area contributed by atoms with Crippen LogP contribution in [-0.2, 0) is 0 Å². The van der Waals surface area contributed by atoms with E-state index in [9.17, 15) is 13.2 Å². The smallest absolute Gasteiger partial charge is 0.405 e. The molecule has 0 amide bonds. The predicted molar refractivity (Wildman–Crippen MR) is 66.5 cm³/mol. The molecule has 20 heavy (non-hydrogen) atoms. The Morgan fingerprint density at radius 1 is 1.10 bits per heavy atom. The summed E-state index contributed by atoms with van der Waals surface area (Å²) in [6.45, 7) is 0. The van der Waals surface area contributed by atoms with E-state index in [1.807, 2.05) is 0 Å². The highest BCUT2D eigenvalue weighted by Gasteiger charge is 2.33. The van der Waals surface area contributed by atoms with Crippen LogP contribution in [0.5, 0.6) is 5.75 Å². The molecule has 7 heteroatoms. The number of nitrogens with two attached hydrogens (primary N) is 1. The quantitative estimate of drug-likeness (QED) is 0.668. The molecule has 2 rings (SSSR count). The van der Waals surface area contributed by atoms with E-state index in [1.165, 1.54) is 24.4 Å². The van der Waals surface area contributed by atoms with Crippen molar-refractivity contribution in [3.8, 4) is 5.75 Å². The summed E-state index contributed by atoms with van der Waals surface area (Å²) in [7, 11) is 0. The molecule has 0 aliphatic carbocycles. The van der Waals surface area contributed by atoms with Gasteiger partial charge in [-0.3, -0.25) is 10.8 Å². The van der Waals surface area contributed by atoms with Gasteiger partial charge < -0.3 is 4.74 Å². The second kappa shape index (κ2) is 5.89. The summed E-state index contributed by atoms with van der Waals surface area (Å²) in [5, 5.41) is 0. The molecule has 0 saturated heterocycles. The molecule has 0 aliphatic heterocycles. The summed E-state index contributed by atoms with van der Waals surface area (Å²) >= 11 is 0. The summed E-state index contributed by atoms with van der Waals surface area (Å²) in [4.78, 5) is 4.08. The van der Waals surface area contributed by atoms with E-state index < -0.39 is 12.4 Å². The van der Waals surface area contributed by atoms with Gasteiger partial charge in [-0.15, -0.1) is 13.2 Å². The molecule has 0 radical (unpaired) electrons. The fourth-order valence-corrected chi connectivity index (χ4v) is 1.82. The first-order valence-electron chi connectivity index (χ1n) is 5.73. The summed E-state index contributed by atoms with van der Waals surface area (Å²) in [5.41, 5.74) is 3.20. The zero-order valence-corrected chi connectivity index (χ0v) is 10.3. The zero-order chi connectivity index (χ0) is 14.6. The number of hydrogen-bond acceptors (Lipinski definition) is 4.